The predicted molar refractivity (Wildman–Crippen MR) is 124 cm³/mol. The van der Waals surface area contributed by atoms with Crippen LogP contribution in [0.5, 0.6) is 0 Å². The third kappa shape index (κ3) is 4.01. The molecule has 7 nitrogen and oxygen atoms in total. The summed E-state index contributed by atoms with van der Waals surface area (Å²) in [5, 5.41) is 7.77. The van der Waals surface area contributed by atoms with E-state index in [1.807, 2.05) is 42.6 Å². The number of aromatic nitrogens is 1. The van der Waals surface area contributed by atoms with E-state index in [9.17, 15) is 14.4 Å². The molecule has 0 spiro atoms. The number of hydrogen-bond donors (Lipinski definition) is 2. The molecule has 1 saturated heterocycles. The minimum atomic E-state index is -1.16. The molecule has 4 rings (SSSR count). The number of hydrogen-bond acceptors (Lipinski definition) is 5. The van der Waals surface area contributed by atoms with E-state index in [4.69, 9.17) is 0 Å². The van der Waals surface area contributed by atoms with E-state index in [0.29, 0.717) is 17.1 Å². The molecule has 1 fully saturated rings. The van der Waals surface area contributed by atoms with Crippen LogP contribution >= 0.6 is 11.3 Å². The van der Waals surface area contributed by atoms with Crippen LogP contribution in [0.1, 0.15) is 31.4 Å². The van der Waals surface area contributed by atoms with Gasteiger partial charge in [0.05, 0.1) is 5.69 Å². The maximum absolute atomic E-state index is 13.1. The van der Waals surface area contributed by atoms with Crippen LogP contribution in [-0.4, -0.2) is 34.3 Å². The Labute approximate surface area is 190 Å². The molecular formula is C24H24N4O3S. The van der Waals surface area contributed by atoms with Gasteiger partial charge in [-0.05, 0) is 24.0 Å². The van der Waals surface area contributed by atoms with Crippen molar-refractivity contribution >= 4 is 34.3 Å². The van der Waals surface area contributed by atoms with E-state index in [0.717, 1.165) is 22.6 Å². The van der Waals surface area contributed by atoms with E-state index < -0.39 is 23.4 Å². The maximum Gasteiger partial charge on any atom is 0.325 e. The van der Waals surface area contributed by atoms with Crippen molar-refractivity contribution in [3.05, 3.63) is 71.1 Å². The lowest BCUT2D eigenvalue weighted by atomic mass is 9.87. The summed E-state index contributed by atoms with van der Waals surface area (Å²) >= 11 is 1.30. The average molecular weight is 449 g/mol. The summed E-state index contributed by atoms with van der Waals surface area (Å²) in [6.07, 6.45) is 1.34. The zero-order valence-corrected chi connectivity index (χ0v) is 18.7. The Hall–Kier alpha value is -3.52. The molecule has 0 bridgehead atoms. The summed E-state index contributed by atoms with van der Waals surface area (Å²) in [5.41, 5.74) is 2.50. The lowest BCUT2D eigenvalue weighted by molar-refractivity contribution is -0.134. The second-order valence-electron chi connectivity index (χ2n) is 7.58. The molecule has 3 aromatic rings. The van der Waals surface area contributed by atoms with Crippen LogP contribution < -0.4 is 10.6 Å². The highest BCUT2D eigenvalue weighted by Gasteiger charge is 2.51. The van der Waals surface area contributed by atoms with Gasteiger partial charge in [-0.15, -0.1) is 11.3 Å². The number of carbonyl (C=O) groups is 3. The molecule has 1 atom stereocenters. The fourth-order valence-corrected chi connectivity index (χ4v) is 4.54. The van der Waals surface area contributed by atoms with Gasteiger partial charge in [-0.1, -0.05) is 68.4 Å². The quantitative estimate of drug-likeness (QED) is 0.531. The lowest BCUT2D eigenvalue weighted by Crippen LogP contribution is -2.44. The monoisotopic (exact) mass is 448 g/mol. The smallest absolute Gasteiger partial charge is 0.319 e. The third-order valence-corrected chi connectivity index (χ3v) is 6.44. The van der Waals surface area contributed by atoms with Gasteiger partial charge < -0.3 is 10.6 Å². The first-order valence-electron chi connectivity index (χ1n) is 10.5. The topological polar surface area (TPSA) is 91.4 Å². The van der Waals surface area contributed by atoms with E-state index in [2.05, 4.69) is 34.7 Å². The number of imide groups is 1. The van der Waals surface area contributed by atoms with Crippen molar-refractivity contribution in [1.29, 1.82) is 0 Å². The SMILES string of the molecule is CCc1ccc(-c2csc(NC(=O)CN3C(=O)N[C@](CC)(c4ccccc4)C3=O)n2)cc1. The average Bonchev–Trinajstić information content (AvgIpc) is 3.38. The second kappa shape index (κ2) is 8.92. The van der Waals surface area contributed by atoms with Gasteiger partial charge in [0.15, 0.2) is 5.13 Å². The minimum absolute atomic E-state index is 0.376. The first-order valence-corrected chi connectivity index (χ1v) is 11.4. The van der Waals surface area contributed by atoms with Crippen molar-refractivity contribution in [1.82, 2.24) is 15.2 Å². The minimum Gasteiger partial charge on any atom is -0.319 e. The highest BCUT2D eigenvalue weighted by Crippen LogP contribution is 2.32. The van der Waals surface area contributed by atoms with Crippen molar-refractivity contribution in [2.45, 2.75) is 32.2 Å². The van der Waals surface area contributed by atoms with Crippen molar-refractivity contribution in [3.8, 4) is 11.3 Å². The summed E-state index contributed by atoms with van der Waals surface area (Å²) in [6, 6.07) is 16.6. The number of benzene rings is 2. The number of carbonyl (C=O) groups excluding carboxylic acids is 3. The molecule has 0 saturated carbocycles. The largest absolute Gasteiger partial charge is 0.325 e. The molecule has 8 heteroatoms. The molecular weight excluding hydrogens is 424 g/mol. The van der Waals surface area contributed by atoms with Gasteiger partial charge in [0.25, 0.3) is 5.91 Å². The van der Waals surface area contributed by atoms with Crippen LogP contribution in [-0.2, 0) is 21.5 Å². The summed E-state index contributed by atoms with van der Waals surface area (Å²) in [4.78, 5) is 43.7. The fourth-order valence-electron chi connectivity index (χ4n) is 3.81. The standard InChI is InChI=1S/C24H24N4O3S/c1-3-16-10-12-17(13-11-16)19-15-32-22(25-19)26-20(29)14-28-21(30)24(4-2,27-23(28)31)18-8-6-5-7-9-18/h5-13,15H,3-4,14H2,1-2H3,(H,27,31)(H,25,26,29)/t24-/m1/s1. The normalized spacial score (nSPS) is 18.0. The molecule has 32 heavy (non-hydrogen) atoms. The summed E-state index contributed by atoms with van der Waals surface area (Å²) in [6.45, 7) is 3.56. The molecule has 4 amide bonds. The number of amides is 4. The zero-order valence-electron chi connectivity index (χ0n) is 17.9. The Morgan fingerprint density at radius 1 is 1.09 bits per heavy atom. The van der Waals surface area contributed by atoms with Crippen LogP contribution in [0, 0.1) is 0 Å². The molecule has 2 heterocycles. The van der Waals surface area contributed by atoms with Crippen LogP contribution in [0.25, 0.3) is 11.3 Å². The van der Waals surface area contributed by atoms with E-state index in [1.165, 1.54) is 16.9 Å². The van der Waals surface area contributed by atoms with Gasteiger partial charge in [0.1, 0.15) is 12.1 Å². The Balaban J connectivity index is 1.45. The number of thiazole rings is 1. The summed E-state index contributed by atoms with van der Waals surface area (Å²) in [5.74, 6) is -0.905. The Morgan fingerprint density at radius 3 is 2.47 bits per heavy atom. The van der Waals surface area contributed by atoms with Crippen molar-refractivity contribution < 1.29 is 14.4 Å². The maximum atomic E-state index is 13.1. The number of urea groups is 1. The first kappa shape index (κ1) is 21.7. The highest BCUT2D eigenvalue weighted by atomic mass is 32.1. The van der Waals surface area contributed by atoms with Crippen LogP contribution in [0.3, 0.4) is 0 Å². The Kier molecular flexibility index (Phi) is 6.05. The molecule has 1 aliphatic heterocycles. The van der Waals surface area contributed by atoms with Gasteiger partial charge in [-0.25, -0.2) is 9.78 Å². The van der Waals surface area contributed by atoms with Crippen molar-refractivity contribution in [3.63, 3.8) is 0 Å². The molecule has 2 aromatic carbocycles. The van der Waals surface area contributed by atoms with E-state index in [1.54, 1.807) is 12.1 Å². The van der Waals surface area contributed by atoms with E-state index >= 15 is 0 Å². The summed E-state index contributed by atoms with van der Waals surface area (Å²) in [7, 11) is 0. The van der Waals surface area contributed by atoms with Gasteiger partial charge in [0, 0.05) is 10.9 Å². The molecule has 1 aromatic heterocycles. The van der Waals surface area contributed by atoms with Crippen LogP contribution in [0.2, 0.25) is 0 Å². The lowest BCUT2D eigenvalue weighted by Gasteiger charge is -2.25. The number of nitrogens with zero attached hydrogens (tertiary/aromatic N) is 2. The van der Waals surface area contributed by atoms with Crippen molar-refractivity contribution in [2.75, 3.05) is 11.9 Å². The van der Waals surface area contributed by atoms with E-state index in [-0.39, 0.29) is 6.54 Å². The highest BCUT2D eigenvalue weighted by molar-refractivity contribution is 7.14. The fraction of sp³-hybridized carbons (Fsp3) is 0.250. The van der Waals surface area contributed by atoms with Gasteiger partial charge in [-0.3, -0.25) is 14.5 Å². The predicted octanol–water partition coefficient (Wildman–Crippen LogP) is 4.17. The zero-order chi connectivity index (χ0) is 22.7. The third-order valence-electron chi connectivity index (χ3n) is 5.68. The number of nitrogens with one attached hydrogen (secondary N) is 2. The number of aryl methyl sites for hydroxylation is 1. The first-order chi connectivity index (χ1) is 15.5. The van der Waals surface area contributed by atoms with Gasteiger partial charge in [-0.2, -0.15) is 0 Å². The Morgan fingerprint density at radius 2 is 1.81 bits per heavy atom. The molecule has 2 N–H and O–H groups in total. The second-order valence-corrected chi connectivity index (χ2v) is 8.44. The van der Waals surface area contributed by atoms with Crippen molar-refractivity contribution in [2.24, 2.45) is 0 Å². The number of rotatable bonds is 7. The molecule has 164 valence electrons. The summed E-state index contributed by atoms with van der Waals surface area (Å²) < 4.78 is 0. The van der Waals surface area contributed by atoms with Gasteiger partial charge >= 0.3 is 6.03 Å². The molecule has 0 radical (unpaired) electrons. The molecule has 0 unspecified atom stereocenters. The van der Waals surface area contributed by atoms with Gasteiger partial charge in [0.2, 0.25) is 5.91 Å². The Bertz CT molecular complexity index is 1140. The molecule has 1 aliphatic rings. The molecule has 0 aliphatic carbocycles. The van der Waals surface area contributed by atoms with Crippen LogP contribution in [0.4, 0.5) is 9.93 Å². The number of anilines is 1. The van der Waals surface area contributed by atoms with Crippen LogP contribution in [0.15, 0.2) is 60.0 Å².